The van der Waals surface area contributed by atoms with E-state index in [1.807, 2.05) is 12.1 Å². The van der Waals surface area contributed by atoms with Crippen molar-refractivity contribution in [3.05, 3.63) is 58.8 Å². The summed E-state index contributed by atoms with van der Waals surface area (Å²) >= 11 is 0. The van der Waals surface area contributed by atoms with E-state index in [1.165, 1.54) is 6.92 Å². The first kappa shape index (κ1) is 20.7. The molecule has 30 heavy (non-hydrogen) atoms. The summed E-state index contributed by atoms with van der Waals surface area (Å²) in [5.74, 6) is -2.17. The van der Waals surface area contributed by atoms with Gasteiger partial charge in [0.15, 0.2) is 6.61 Å². The fourth-order valence-electron chi connectivity index (χ4n) is 3.33. The Morgan fingerprint density at radius 3 is 2.23 bits per heavy atom. The molecule has 2 aromatic rings. The minimum absolute atomic E-state index is 0.0384. The number of imide groups is 1. The molecule has 0 aliphatic carbocycles. The number of nitrogens with two attached hydrogens (primary N) is 1. The minimum Gasteiger partial charge on any atom is -0.457 e. The molecule has 0 aromatic heterocycles. The number of Topliss-reactive ketones (excluding diaryl/α,β-unsaturated/α-hetero) is 1. The summed E-state index contributed by atoms with van der Waals surface area (Å²) in [4.78, 5) is 50.4. The number of hydrogen-bond acceptors (Lipinski definition) is 7. The van der Waals surface area contributed by atoms with Crippen molar-refractivity contribution in [3.8, 4) is 6.07 Å². The fourth-order valence-corrected chi connectivity index (χ4v) is 3.33. The number of ether oxygens (including phenoxy) is 1. The average molecular weight is 405 g/mol. The van der Waals surface area contributed by atoms with Crippen molar-refractivity contribution in [2.75, 3.05) is 13.2 Å². The molecule has 2 aromatic carbocycles. The quantitative estimate of drug-likeness (QED) is 0.323. The lowest BCUT2D eigenvalue weighted by Gasteiger charge is -2.27. The number of ketones is 1. The molecule has 0 spiro atoms. The van der Waals surface area contributed by atoms with Crippen molar-refractivity contribution < 1.29 is 23.9 Å². The second-order valence-corrected chi connectivity index (χ2v) is 6.83. The Morgan fingerprint density at radius 1 is 1.10 bits per heavy atom. The summed E-state index contributed by atoms with van der Waals surface area (Å²) in [6.45, 7) is 0.855. The number of carbonyl (C=O) groups excluding carboxylic acids is 4. The highest BCUT2D eigenvalue weighted by Crippen LogP contribution is 2.30. The van der Waals surface area contributed by atoms with Crippen LogP contribution >= 0.6 is 0 Å². The smallest absolute Gasteiger partial charge is 0.306 e. The highest BCUT2D eigenvalue weighted by molar-refractivity contribution is 6.25. The monoisotopic (exact) mass is 405 g/mol. The summed E-state index contributed by atoms with van der Waals surface area (Å²) in [6.07, 6.45) is 0.0862. The van der Waals surface area contributed by atoms with E-state index in [-0.39, 0.29) is 30.7 Å². The summed E-state index contributed by atoms with van der Waals surface area (Å²) in [5, 5.41) is 10.3. The van der Waals surface area contributed by atoms with Crippen LogP contribution in [0.2, 0.25) is 0 Å². The van der Waals surface area contributed by atoms with Gasteiger partial charge in [0.2, 0.25) is 5.78 Å². The Bertz CT molecular complexity index is 1090. The van der Waals surface area contributed by atoms with Crippen LogP contribution in [0.4, 0.5) is 0 Å². The van der Waals surface area contributed by atoms with Gasteiger partial charge in [-0.05, 0) is 30.9 Å². The molecule has 2 N–H and O–H groups in total. The predicted molar refractivity (Wildman–Crippen MR) is 107 cm³/mol. The van der Waals surface area contributed by atoms with Crippen LogP contribution in [0.1, 0.15) is 40.5 Å². The van der Waals surface area contributed by atoms with E-state index < -0.39 is 30.2 Å². The van der Waals surface area contributed by atoms with E-state index in [9.17, 15) is 19.2 Å². The number of nitrogens with zero attached hydrogens (tertiary/aromatic N) is 2. The third-order valence-electron chi connectivity index (χ3n) is 4.77. The van der Waals surface area contributed by atoms with Crippen molar-refractivity contribution >= 4 is 34.3 Å². The van der Waals surface area contributed by atoms with Crippen molar-refractivity contribution in [3.63, 3.8) is 0 Å². The maximum absolute atomic E-state index is 12.8. The van der Waals surface area contributed by atoms with Crippen LogP contribution < -0.4 is 5.73 Å². The molecule has 0 saturated heterocycles. The van der Waals surface area contributed by atoms with Crippen molar-refractivity contribution in [1.82, 2.24) is 4.90 Å². The maximum atomic E-state index is 12.8. The average Bonchev–Trinajstić information content (AvgIpc) is 2.73. The highest BCUT2D eigenvalue weighted by Gasteiger charge is 2.32. The third-order valence-corrected chi connectivity index (χ3v) is 4.77. The Hall–Kier alpha value is -3.99. The molecule has 0 saturated carbocycles. The predicted octanol–water partition coefficient (Wildman–Crippen LogP) is 2.08. The van der Waals surface area contributed by atoms with Crippen LogP contribution in [0.5, 0.6) is 0 Å². The molecule has 1 aliphatic rings. The van der Waals surface area contributed by atoms with E-state index in [0.29, 0.717) is 16.5 Å². The SMILES string of the molecule is CC(N)=C(C#N)C(=O)COC(=O)CCCN1C(=O)c2cccc3cccc(c23)C1=O. The van der Waals surface area contributed by atoms with Gasteiger partial charge in [0.1, 0.15) is 11.6 Å². The van der Waals surface area contributed by atoms with Gasteiger partial charge >= 0.3 is 5.97 Å². The second kappa shape index (κ2) is 8.57. The maximum Gasteiger partial charge on any atom is 0.306 e. The van der Waals surface area contributed by atoms with Gasteiger partial charge in [-0.25, -0.2) is 0 Å². The molecule has 0 atom stereocenters. The molecule has 0 bridgehead atoms. The van der Waals surface area contributed by atoms with Gasteiger partial charge < -0.3 is 10.5 Å². The minimum atomic E-state index is -0.683. The largest absolute Gasteiger partial charge is 0.457 e. The number of rotatable bonds is 7. The number of benzene rings is 2. The normalized spacial score (nSPS) is 13.7. The van der Waals surface area contributed by atoms with Crippen LogP contribution in [0, 0.1) is 11.3 Å². The zero-order valence-electron chi connectivity index (χ0n) is 16.3. The molecule has 0 unspecified atom stereocenters. The number of allylic oxidation sites excluding steroid dienone is 1. The van der Waals surface area contributed by atoms with E-state index in [2.05, 4.69) is 0 Å². The number of hydrogen-bond donors (Lipinski definition) is 1. The summed E-state index contributed by atoms with van der Waals surface area (Å²) in [7, 11) is 0. The van der Waals surface area contributed by atoms with Gasteiger partial charge in [-0.2, -0.15) is 5.26 Å². The van der Waals surface area contributed by atoms with Gasteiger partial charge in [-0.1, -0.05) is 24.3 Å². The molecular formula is C22H19N3O5. The molecule has 152 valence electrons. The molecule has 0 radical (unpaired) electrons. The van der Waals surface area contributed by atoms with Gasteiger partial charge in [-0.15, -0.1) is 0 Å². The molecule has 8 heteroatoms. The molecule has 1 aliphatic heterocycles. The Kier molecular flexibility index (Phi) is 5.93. The summed E-state index contributed by atoms with van der Waals surface area (Å²) in [6, 6.07) is 12.2. The van der Waals surface area contributed by atoms with Crippen molar-refractivity contribution in [1.29, 1.82) is 5.26 Å². The van der Waals surface area contributed by atoms with Gasteiger partial charge in [0.05, 0.1) is 0 Å². The zero-order valence-corrected chi connectivity index (χ0v) is 16.3. The lowest BCUT2D eigenvalue weighted by Crippen LogP contribution is -2.41. The van der Waals surface area contributed by atoms with Crippen molar-refractivity contribution in [2.45, 2.75) is 19.8 Å². The van der Waals surface area contributed by atoms with Crippen molar-refractivity contribution in [2.24, 2.45) is 5.73 Å². The van der Waals surface area contributed by atoms with Crippen LogP contribution in [0.25, 0.3) is 10.8 Å². The summed E-state index contributed by atoms with van der Waals surface area (Å²) in [5.41, 5.74) is 6.13. The Balaban J connectivity index is 1.59. The Labute approximate surface area is 172 Å². The van der Waals surface area contributed by atoms with E-state index in [4.69, 9.17) is 15.7 Å². The van der Waals surface area contributed by atoms with Crippen LogP contribution in [-0.2, 0) is 14.3 Å². The molecule has 2 amide bonds. The molecular weight excluding hydrogens is 386 g/mol. The van der Waals surface area contributed by atoms with E-state index >= 15 is 0 Å². The third kappa shape index (κ3) is 3.91. The zero-order chi connectivity index (χ0) is 21.8. The number of carbonyl (C=O) groups is 4. The first-order valence-corrected chi connectivity index (χ1v) is 9.28. The highest BCUT2D eigenvalue weighted by atomic mass is 16.5. The number of nitriles is 1. The van der Waals surface area contributed by atoms with Crippen LogP contribution in [0.15, 0.2) is 47.7 Å². The van der Waals surface area contributed by atoms with Gasteiger partial charge in [0, 0.05) is 35.2 Å². The molecule has 3 rings (SSSR count). The number of amides is 2. The van der Waals surface area contributed by atoms with E-state index in [0.717, 1.165) is 10.3 Å². The fraction of sp³-hybridized carbons (Fsp3) is 0.227. The topological polar surface area (TPSA) is 131 Å². The standard InChI is InChI=1S/C22H19N3O5/c1-13(24)17(11-23)18(26)12-30-19(27)9-4-10-25-21(28)15-7-2-5-14-6-3-8-16(20(14)15)22(25)29/h2-3,5-8H,4,9-10,12,24H2,1H3. The first-order chi connectivity index (χ1) is 14.3. The lowest BCUT2D eigenvalue weighted by atomic mass is 9.94. The Morgan fingerprint density at radius 2 is 1.70 bits per heavy atom. The van der Waals surface area contributed by atoms with E-state index in [1.54, 1.807) is 30.3 Å². The molecule has 1 heterocycles. The molecule has 0 fully saturated rings. The molecule has 8 nitrogen and oxygen atoms in total. The van der Waals surface area contributed by atoms with Crippen LogP contribution in [-0.4, -0.2) is 41.6 Å². The van der Waals surface area contributed by atoms with Gasteiger partial charge in [0.25, 0.3) is 11.8 Å². The summed E-state index contributed by atoms with van der Waals surface area (Å²) < 4.78 is 4.87. The van der Waals surface area contributed by atoms with Gasteiger partial charge in [-0.3, -0.25) is 24.1 Å². The first-order valence-electron chi connectivity index (χ1n) is 9.28. The lowest BCUT2D eigenvalue weighted by molar-refractivity contribution is -0.147. The second-order valence-electron chi connectivity index (χ2n) is 6.83. The number of esters is 1. The van der Waals surface area contributed by atoms with Crippen LogP contribution in [0.3, 0.4) is 0 Å².